The number of hydrogen-bond donors (Lipinski definition) is 2. The molecule has 0 heterocycles. The maximum Gasteiger partial charge on any atom is 0.258 e. The number of carbonyl (C=O) groups excluding carboxylic acids is 1. The monoisotopic (exact) mass is 344 g/mol. The summed E-state index contributed by atoms with van der Waals surface area (Å²) < 4.78 is 10.6. The molecule has 25 heavy (non-hydrogen) atoms. The van der Waals surface area contributed by atoms with Crippen LogP contribution in [0, 0.1) is 0 Å². The van der Waals surface area contributed by atoms with Gasteiger partial charge in [0, 0.05) is 6.54 Å². The quantitative estimate of drug-likeness (QED) is 0.768. The van der Waals surface area contributed by atoms with Gasteiger partial charge in [0.2, 0.25) is 0 Å². The number of carbonyl (C=O) groups is 1. The molecule has 0 saturated heterocycles. The molecular weight excluding hydrogens is 320 g/mol. The van der Waals surface area contributed by atoms with Crippen molar-refractivity contribution < 1.29 is 19.4 Å². The second-order valence-electron chi connectivity index (χ2n) is 5.82. The number of phenols is 1. The molecule has 2 aromatic carbocycles. The number of nitrogens with zero attached hydrogens (tertiary/aromatic N) is 1. The third-order valence-electron chi connectivity index (χ3n) is 3.82. The fourth-order valence-corrected chi connectivity index (χ4v) is 2.43. The van der Waals surface area contributed by atoms with E-state index < -0.39 is 0 Å². The van der Waals surface area contributed by atoms with E-state index in [0.717, 1.165) is 11.3 Å². The molecule has 0 radical (unpaired) electrons. The van der Waals surface area contributed by atoms with Crippen molar-refractivity contribution in [2.75, 3.05) is 34.4 Å². The Morgan fingerprint density at radius 2 is 1.96 bits per heavy atom. The zero-order chi connectivity index (χ0) is 18.2. The van der Waals surface area contributed by atoms with Gasteiger partial charge in [-0.2, -0.15) is 0 Å². The first-order chi connectivity index (χ1) is 12.0. The first-order valence-electron chi connectivity index (χ1n) is 7.99. The molecule has 1 amide bonds. The van der Waals surface area contributed by atoms with E-state index in [1.807, 2.05) is 43.3 Å². The van der Waals surface area contributed by atoms with Crippen LogP contribution in [0.4, 0.5) is 0 Å². The van der Waals surface area contributed by atoms with Crippen molar-refractivity contribution in [2.45, 2.75) is 6.04 Å². The number of phenolic OH excluding ortho intramolecular Hbond substituents is 1. The molecule has 1 unspecified atom stereocenters. The van der Waals surface area contributed by atoms with Crippen molar-refractivity contribution >= 4 is 5.91 Å². The molecule has 0 aliphatic rings. The molecule has 6 nitrogen and oxygen atoms in total. The van der Waals surface area contributed by atoms with Gasteiger partial charge in [0.25, 0.3) is 5.91 Å². The van der Waals surface area contributed by atoms with Crippen molar-refractivity contribution in [1.82, 2.24) is 10.2 Å². The minimum absolute atomic E-state index is 0.00387. The average Bonchev–Trinajstić information content (AvgIpc) is 2.61. The van der Waals surface area contributed by atoms with E-state index >= 15 is 0 Å². The summed E-state index contributed by atoms with van der Waals surface area (Å²) in [5, 5.41) is 12.5. The van der Waals surface area contributed by atoms with Crippen LogP contribution in [0.3, 0.4) is 0 Å². The largest absolute Gasteiger partial charge is 0.504 e. The summed E-state index contributed by atoms with van der Waals surface area (Å²) in [6, 6.07) is 14.3. The van der Waals surface area contributed by atoms with Gasteiger partial charge >= 0.3 is 0 Å². The first kappa shape index (κ1) is 18.6. The summed E-state index contributed by atoms with van der Waals surface area (Å²) in [6.45, 7) is 0.277. The normalized spacial score (nSPS) is 11.8. The number of hydrogen-bond acceptors (Lipinski definition) is 5. The van der Waals surface area contributed by atoms with Gasteiger partial charge in [0.1, 0.15) is 5.75 Å². The first-order valence-corrected chi connectivity index (χ1v) is 7.99. The van der Waals surface area contributed by atoms with Crippen LogP contribution in [0.5, 0.6) is 17.2 Å². The molecular formula is C19H24N2O4. The Morgan fingerprint density at radius 3 is 2.64 bits per heavy atom. The van der Waals surface area contributed by atoms with Gasteiger partial charge in [-0.15, -0.1) is 0 Å². The molecule has 6 heteroatoms. The van der Waals surface area contributed by atoms with E-state index in [9.17, 15) is 9.90 Å². The molecule has 1 atom stereocenters. The van der Waals surface area contributed by atoms with Gasteiger partial charge in [0.05, 0.1) is 13.2 Å². The third kappa shape index (κ3) is 5.39. The molecule has 0 saturated carbocycles. The van der Waals surface area contributed by atoms with Crippen molar-refractivity contribution in [1.29, 1.82) is 0 Å². The number of methoxy groups -OCH3 is 1. The molecule has 0 fully saturated rings. The zero-order valence-corrected chi connectivity index (χ0v) is 14.7. The molecule has 2 rings (SSSR count). The van der Waals surface area contributed by atoms with E-state index in [4.69, 9.17) is 9.47 Å². The fourth-order valence-electron chi connectivity index (χ4n) is 2.43. The Kier molecular flexibility index (Phi) is 6.65. The topological polar surface area (TPSA) is 71.0 Å². The molecule has 0 spiro atoms. The van der Waals surface area contributed by atoms with Gasteiger partial charge in [-0.25, -0.2) is 0 Å². The van der Waals surface area contributed by atoms with Crippen LogP contribution in [0.2, 0.25) is 0 Å². The molecule has 0 aromatic heterocycles. The Morgan fingerprint density at radius 1 is 1.20 bits per heavy atom. The van der Waals surface area contributed by atoms with E-state index in [-0.39, 0.29) is 30.1 Å². The van der Waals surface area contributed by atoms with Gasteiger partial charge in [0.15, 0.2) is 18.1 Å². The van der Waals surface area contributed by atoms with Crippen LogP contribution in [0.15, 0.2) is 48.5 Å². The lowest BCUT2D eigenvalue weighted by Gasteiger charge is -2.25. The second kappa shape index (κ2) is 8.94. The smallest absolute Gasteiger partial charge is 0.258 e. The fraction of sp³-hybridized carbons (Fsp3) is 0.316. The maximum atomic E-state index is 12.0. The highest BCUT2D eigenvalue weighted by molar-refractivity contribution is 5.77. The highest BCUT2D eigenvalue weighted by atomic mass is 16.5. The SMILES string of the molecule is COc1cccc(C(CNC(=O)COc2ccccc2O)N(C)C)c1. The van der Waals surface area contributed by atoms with Gasteiger partial charge in [-0.3, -0.25) is 4.79 Å². The van der Waals surface area contributed by atoms with Crippen LogP contribution in [0.1, 0.15) is 11.6 Å². The minimum Gasteiger partial charge on any atom is -0.504 e. The number of nitrogens with one attached hydrogen (secondary N) is 1. The lowest BCUT2D eigenvalue weighted by Crippen LogP contribution is -2.36. The van der Waals surface area contributed by atoms with Crippen molar-refractivity contribution in [3.8, 4) is 17.2 Å². The summed E-state index contributed by atoms with van der Waals surface area (Å²) in [7, 11) is 5.53. The molecule has 134 valence electrons. The number of ether oxygens (including phenoxy) is 2. The number of likely N-dealkylation sites (N-methyl/N-ethyl adjacent to an activating group) is 1. The molecule has 0 aliphatic heterocycles. The number of benzene rings is 2. The van der Waals surface area contributed by atoms with Crippen molar-refractivity contribution in [3.63, 3.8) is 0 Å². The van der Waals surface area contributed by atoms with Crippen LogP contribution < -0.4 is 14.8 Å². The van der Waals surface area contributed by atoms with E-state index in [1.54, 1.807) is 25.3 Å². The zero-order valence-electron chi connectivity index (χ0n) is 14.7. The number of aromatic hydroxyl groups is 1. The summed E-state index contributed by atoms with van der Waals surface area (Å²) in [5.74, 6) is 0.823. The number of rotatable bonds is 8. The molecule has 0 aliphatic carbocycles. The standard InChI is InChI=1S/C19H24N2O4/c1-21(2)16(14-7-6-8-15(11-14)24-3)12-20-19(23)13-25-18-10-5-4-9-17(18)22/h4-11,16,22H,12-13H2,1-3H3,(H,20,23). The Labute approximate surface area is 148 Å². The summed E-state index contributed by atoms with van der Waals surface area (Å²) in [5.41, 5.74) is 1.05. The maximum absolute atomic E-state index is 12.0. The van der Waals surface area contributed by atoms with Crippen LogP contribution in [-0.4, -0.2) is 50.3 Å². The molecule has 0 bridgehead atoms. The lowest BCUT2D eigenvalue weighted by molar-refractivity contribution is -0.123. The van der Waals surface area contributed by atoms with Gasteiger partial charge in [-0.05, 0) is 43.9 Å². The molecule has 2 N–H and O–H groups in total. The average molecular weight is 344 g/mol. The number of amides is 1. The Balaban J connectivity index is 1.92. The predicted octanol–water partition coefficient (Wildman–Crippen LogP) is 2.20. The molecule has 2 aromatic rings. The van der Waals surface area contributed by atoms with E-state index in [2.05, 4.69) is 5.32 Å². The highest BCUT2D eigenvalue weighted by Gasteiger charge is 2.16. The summed E-state index contributed by atoms with van der Waals surface area (Å²) in [6.07, 6.45) is 0. The Bertz CT molecular complexity index is 703. The predicted molar refractivity (Wildman–Crippen MR) is 96.0 cm³/mol. The summed E-state index contributed by atoms with van der Waals surface area (Å²) in [4.78, 5) is 14.1. The van der Waals surface area contributed by atoms with Gasteiger partial charge < -0.3 is 24.8 Å². The second-order valence-corrected chi connectivity index (χ2v) is 5.82. The highest BCUT2D eigenvalue weighted by Crippen LogP contribution is 2.24. The van der Waals surface area contributed by atoms with Gasteiger partial charge in [-0.1, -0.05) is 24.3 Å². The number of para-hydroxylation sites is 2. The van der Waals surface area contributed by atoms with Crippen LogP contribution >= 0.6 is 0 Å². The van der Waals surface area contributed by atoms with E-state index in [0.29, 0.717) is 6.54 Å². The van der Waals surface area contributed by atoms with Crippen LogP contribution in [-0.2, 0) is 4.79 Å². The van der Waals surface area contributed by atoms with Crippen molar-refractivity contribution in [3.05, 3.63) is 54.1 Å². The lowest BCUT2D eigenvalue weighted by atomic mass is 10.1. The Hall–Kier alpha value is -2.73. The third-order valence-corrected chi connectivity index (χ3v) is 3.82. The summed E-state index contributed by atoms with van der Waals surface area (Å²) >= 11 is 0. The van der Waals surface area contributed by atoms with Crippen LogP contribution in [0.25, 0.3) is 0 Å². The minimum atomic E-state index is -0.252. The van der Waals surface area contributed by atoms with Crippen molar-refractivity contribution in [2.24, 2.45) is 0 Å². The van der Waals surface area contributed by atoms with E-state index in [1.165, 1.54) is 6.07 Å².